The predicted molar refractivity (Wildman–Crippen MR) is 103 cm³/mol. The van der Waals surface area contributed by atoms with Gasteiger partial charge in [0.05, 0.1) is 12.5 Å². The molecule has 3 nitrogen and oxygen atoms in total. The minimum Gasteiger partial charge on any atom is -0.457 e. The van der Waals surface area contributed by atoms with Gasteiger partial charge >= 0.3 is 5.97 Å². The van der Waals surface area contributed by atoms with Crippen molar-refractivity contribution in [3.8, 4) is 0 Å². The van der Waals surface area contributed by atoms with Crippen LogP contribution in [0.15, 0.2) is 18.2 Å². The lowest BCUT2D eigenvalue weighted by molar-refractivity contribution is -0.161. The normalized spacial score (nSPS) is 28.8. The van der Waals surface area contributed by atoms with Crippen molar-refractivity contribution < 1.29 is 19.0 Å². The molecule has 1 saturated heterocycles. The van der Waals surface area contributed by atoms with Gasteiger partial charge in [0, 0.05) is 5.56 Å². The van der Waals surface area contributed by atoms with Crippen LogP contribution in [-0.4, -0.2) is 11.1 Å². The highest BCUT2D eigenvalue weighted by atomic mass is 19.1. The van der Waals surface area contributed by atoms with E-state index in [1.807, 2.05) is 0 Å². The first-order chi connectivity index (χ1) is 13.1. The van der Waals surface area contributed by atoms with Gasteiger partial charge in [-0.25, -0.2) is 4.39 Å². The van der Waals surface area contributed by atoms with Gasteiger partial charge in [-0.3, -0.25) is 4.79 Å². The Kier molecular flexibility index (Phi) is 7.28. The number of halogens is 1. The van der Waals surface area contributed by atoms with Crippen molar-refractivity contribution in [2.24, 2.45) is 17.8 Å². The minimum atomic E-state index is -0.438. The van der Waals surface area contributed by atoms with Gasteiger partial charge in [0.1, 0.15) is 11.9 Å². The summed E-state index contributed by atoms with van der Waals surface area (Å²) in [5, 5.41) is 9.08. The summed E-state index contributed by atoms with van der Waals surface area (Å²) in [6, 6.07) is 4.71. The van der Waals surface area contributed by atoms with Crippen LogP contribution in [0.4, 0.5) is 4.39 Å². The molecule has 0 aromatic heterocycles. The SMILES string of the molecule is CCCC1CCC(CCC2CCC(c3ccc(CO)c(F)c3)OC2=O)CC1. The van der Waals surface area contributed by atoms with E-state index in [4.69, 9.17) is 9.84 Å². The highest BCUT2D eigenvalue weighted by molar-refractivity contribution is 5.73. The van der Waals surface area contributed by atoms with Gasteiger partial charge in [-0.2, -0.15) is 0 Å². The molecule has 150 valence electrons. The minimum absolute atomic E-state index is 0.00354. The van der Waals surface area contributed by atoms with E-state index in [1.165, 1.54) is 44.6 Å². The average molecular weight is 377 g/mol. The van der Waals surface area contributed by atoms with Gasteiger partial charge < -0.3 is 9.84 Å². The number of hydrogen-bond acceptors (Lipinski definition) is 3. The maximum atomic E-state index is 13.9. The molecule has 1 saturated carbocycles. The average Bonchev–Trinajstić information content (AvgIpc) is 2.68. The molecule has 4 heteroatoms. The van der Waals surface area contributed by atoms with Crippen molar-refractivity contribution in [3.63, 3.8) is 0 Å². The summed E-state index contributed by atoms with van der Waals surface area (Å²) in [6.07, 6.45) is 11.2. The van der Waals surface area contributed by atoms with Crippen molar-refractivity contribution >= 4 is 5.97 Å². The van der Waals surface area contributed by atoms with Crippen LogP contribution >= 0.6 is 0 Å². The van der Waals surface area contributed by atoms with E-state index in [-0.39, 0.29) is 30.2 Å². The molecule has 2 fully saturated rings. The lowest BCUT2D eigenvalue weighted by Gasteiger charge is -2.31. The highest BCUT2D eigenvalue weighted by Crippen LogP contribution is 2.38. The number of rotatable bonds is 7. The van der Waals surface area contributed by atoms with Crippen molar-refractivity contribution in [1.29, 1.82) is 0 Å². The monoisotopic (exact) mass is 376 g/mol. The van der Waals surface area contributed by atoms with Crippen molar-refractivity contribution in [3.05, 3.63) is 35.1 Å². The quantitative estimate of drug-likeness (QED) is 0.621. The van der Waals surface area contributed by atoms with Crippen LogP contribution in [0.1, 0.15) is 88.4 Å². The fourth-order valence-corrected chi connectivity index (χ4v) is 4.81. The lowest BCUT2D eigenvalue weighted by atomic mass is 9.77. The molecule has 0 spiro atoms. The van der Waals surface area contributed by atoms with Crippen molar-refractivity contribution in [2.75, 3.05) is 0 Å². The molecule has 2 aliphatic rings. The Morgan fingerprint density at radius 2 is 1.74 bits per heavy atom. The lowest BCUT2D eigenvalue weighted by Crippen LogP contribution is -2.27. The molecule has 0 amide bonds. The number of carbonyl (C=O) groups is 1. The number of benzene rings is 1. The van der Waals surface area contributed by atoms with Crippen LogP contribution in [0.2, 0.25) is 0 Å². The van der Waals surface area contributed by atoms with Crippen LogP contribution in [-0.2, 0) is 16.1 Å². The molecule has 1 N–H and O–H groups in total. The maximum Gasteiger partial charge on any atom is 0.309 e. The number of carbonyl (C=O) groups excluding carboxylic acids is 1. The van der Waals surface area contributed by atoms with Crippen LogP contribution < -0.4 is 0 Å². The molecular formula is C23H33FO3. The Bertz CT molecular complexity index is 622. The predicted octanol–water partition coefficient (Wildman–Crippen LogP) is 5.70. The molecule has 2 atom stereocenters. The van der Waals surface area contributed by atoms with E-state index in [9.17, 15) is 9.18 Å². The number of hydrogen-bond donors (Lipinski definition) is 1. The van der Waals surface area contributed by atoms with E-state index >= 15 is 0 Å². The Balaban J connectivity index is 1.45. The second kappa shape index (κ2) is 9.68. The van der Waals surface area contributed by atoms with Crippen LogP contribution in [0.5, 0.6) is 0 Å². The smallest absolute Gasteiger partial charge is 0.309 e. The summed E-state index contributed by atoms with van der Waals surface area (Å²) in [6.45, 7) is 1.95. The summed E-state index contributed by atoms with van der Waals surface area (Å²) < 4.78 is 19.5. The summed E-state index contributed by atoms with van der Waals surface area (Å²) in [4.78, 5) is 12.4. The maximum absolute atomic E-state index is 13.9. The first kappa shape index (κ1) is 20.3. The molecule has 27 heavy (non-hydrogen) atoms. The van der Waals surface area contributed by atoms with E-state index in [0.29, 0.717) is 5.56 Å². The van der Waals surface area contributed by atoms with E-state index in [1.54, 1.807) is 12.1 Å². The Morgan fingerprint density at radius 1 is 1.04 bits per heavy atom. The molecular weight excluding hydrogens is 343 g/mol. The summed E-state index contributed by atoms with van der Waals surface area (Å²) in [5.74, 6) is 1.12. The molecule has 1 aliphatic heterocycles. The van der Waals surface area contributed by atoms with Crippen LogP contribution in [0.3, 0.4) is 0 Å². The second-order valence-corrected chi connectivity index (χ2v) is 8.46. The number of aliphatic hydroxyl groups excluding tert-OH is 1. The molecule has 1 aromatic rings. The Hall–Kier alpha value is -1.42. The third-order valence-electron chi connectivity index (χ3n) is 6.57. The van der Waals surface area contributed by atoms with Gasteiger partial charge in [0.15, 0.2) is 0 Å². The van der Waals surface area contributed by atoms with Crippen molar-refractivity contribution in [1.82, 2.24) is 0 Å². The van der Waals surface area contributed by atoms with Crippen LogP contribution in [0, 0.1) is 23.6 Å². The fraction of sp³-hybridized carbons (Fsp3) is 0.696. The van der Waals surface area contributed by atoms with Crippen molar-refractivity contribution in [2.45, 2.75) is 83.8 Å². The van der Waals surface area contributed by atoms with Gasteiger partial charge in [-0.1, -0.05) is 57.6 Å². The third kappa shape index (κ3) is 5.31. The topological polar surface area (TPSA) is 46.5 Å². The fourth-order valence-electron chi connectivity index (χ4n) is 4.81. The van der Waals surface area contributed by atoms with Gasteiger partial charge in [0.25, 0.3) is 0 Å². The Morgan fingerprint density at radius 3 is 2.33 bits per heavy atom. The first-order valence-corrected chi connectivity index (χ1v) is 10.7. The molecule has 1 heterocycles. The molecule has 0 bridgehead atoms. The molecule has 1 aromatic carbocycles. The van der Waals surface area contributed by atoms with Gasteiger partial charge in [-0.05, 0) is 49.1 Å². The summed E-state index contributed by atoms with van der Waals surface area (Å²) >= 11 is 0. The van der Waals surface area contributed by atoms with E-state index < -0.39 is 5.82 Å². The first-order valence-electron chi connectivity index (χ1n) is 10.7. The largest absolute Gasteiger partial charge is 0.457 e. The number of esters is 1. The van der Waals surface area contributed by atoms with E-state index in [2.05, 4.69) is 6.92 Å². The molecule has 1 aliphatic carbocycles. The molecule has 0 radical (unpaired) electrons. The zero-order valence-corrected chi connectivity index (χ0v) is 16.5. The molecule has 2 unspecified atom stereocenters. The molecule has 3 rings (SSSR count). The van der Waals surface area contributed by atoms with Gasteiger partial charge in [0.2, 0.25) is 0 Å². The summed E-state index contributed by atoms with van der Waals surface area (Å²) in [7, 11) is 0. The van der Waals surface area contributed by atoms with E-state index in [0.717, 1.165) is 37.5 Å². The number of cyclic esters (lactones) is 1. The second-order valence-electron chi connectivity index (χ2n) is 8.46. The zero-order chi connectivity index (χ0) is 19.2. The third-order valence-corrected chi connectivity index (χ3v) is 6.57. The summed E-state index contributed by atoms with van der Waals surface area (Å²) in [5.41, 5.74) is 0.957. The number of ether oxygens (including phenoxy) is 1. The highest BCUT2D eigenvalue weighted by Gasteiger charge is 2.32. The number of aliphatic hydroxyl groups is 1. The zero-order valence-electron chi connectivity index (χ0n) is 16.5. The van der Waals surface area contributed by atoms with Gasteiger partial charge in [-0.15, -0.1) is 0 Å². The Labute approximate surface area is 162 Å². The van der Waals surface area contributed by atoms with Crippen LogP contribution in [0.25, 0.3) is 0 Å². The standard InChI is InChI=1S/C23H33FO3/c1-2-3-16-4-6-17(7-5-16)8-9-18-12-13-22(27-23(18)26)19-10-11-20(15-25)21(24)14-19/h10-11,14,16-18,22,25H,2-9,12-13,15H2,1H3.